The van der Waals surface area contributed by atoms with Crippen molar-refractivity contribution in [2.45, 2.75) is 6.92 Å². The standard InChI is InChI=1S/C16H12BrN5/c1-10-20-21-15-13-4-2-3-5-14(13)19-16(22(10)15)18-12-8-6-11(17)7-9-12/h2-9H,1H3,(H,18,19). The first kappa shape index (κ1) is 13.2. The second-order valence-electron chi connectivity index (χ2n) is 4.99. The molecule has 0 aliphatic heterocycles. The Balaban J connectivity index is 1.94. The minimum Gasteiger partial charge on any atom is -0.325 e. The number of rotatable bonds is 2. The highest BCUT2D eigenvalue weighted by Crippen LogP contribution is 2.24. The number of hydrogen-bond donors (Lipinski definition) is 1. The van der Waals surface area contributed by atoms with E-state index in [1.807, 2.05) is 59.9 Å². The van der Waals surface area contributed by atoms with Gasteiger partial charge in [0, 0.05) is 15.5 Å². The molecule has 0 aliphatic rings. The van der Waals surface area contributed by atoms with Crippen LogP contribution in [0.25, 0.3) is 16.6 Å². The average Bonchev–Trinajstić information content (AvgIpc) is 2.92. The smallest absolute Gasteiger partial charge is 0.215 e. The molecule has 0 spiro atoms. The van der Waals surface area contributed by atoms with Gasteiger partial charge in [-0.1, -0.05) is 28.1 Å². The monoisotopic (exact) mass is 353 g/mol. The number of anilines is 2. The fraction of sp³-hybridized carbons (Fsp3) is 0.0625. The molecule has 6 heteroatoms. The lowest BCUT2D eigenvalue weighted by Crippen LogP contribution is -2.03. The molecule has 2 aromatic carbocycles. The normalized spacial score (nSPS) is 11.2. The molecule has 4 rings (SSSR count). The molecule has 2 aromatic heterocycles. The molecule has 1 N–H and O–H groups in total. The van der Waals surface area contributed by atoms with Crippen molar-refractivity contribution in [1.29, 1.82) is 0 Å². The third-order valence-electron chi connectivity index (χ3n) is 3.51. The second-order valence-corrected chi connectivity index (χ2v) is 5.91. The minimum atomic E-state index is 0.707. The van der Waals surface area contributed by atoms with Crippen molar-refractivity contribution in [3.63, 3.8) is 0 Å². The lowest BCUT2D eigenvalue weighted by Gasteiger charge is -2.10. The lowest BCUT2D eigenvalue weighted by atomic mass is 10.2. The van der Waals surface area contributed by atoms with Gasteiger partial charge >= 0.3 is 0 Å². The van der Waals surface area contributed by atoms with Crippen LogP contribution >= 0.6 is 15.9 Å². The molecule has 4 aromatic rings. The Labute approximate surface area is 135 Å². The van der Waals surface area contributed by atoms with Crippen LogP contribution in [0.4, 0.5) is 11.6 Å². The SMILES string of the molecule is Cc1nnc2c3ccccc3nc(Nc3ccc(Br)cc3)n12. The first-order chi connectivity index (χ1) is 10.7. The number of fused-ring (bicyclic) bond motifs is 3. The van der Waals surface area contributed by atoms with Gasteiger partial charge in [0.2, 0.25) is 5.95 Å². The van der Waals surface area contributed by atoms with Crippen LogP contribution in [0.1, 0.15) is 5.82 Å². The van der Waals surface area contributed by atoms with E-state index in [-0.39, 0.29) is 0 Å². The summed E-state index contributed by atoms with van der Waals surface area (Å²) in [6.07, 6.45) is 0. The average molecular weight is 354 g/mol. The van der Waals surface area contributed by atoms with E-state index in [9.17, 15) is 0 Å². The third-order valence-corrected chi connectivity index (χ3v) is 4.04. The molecule has 0 amide bonds. The summed E-state index contributed by atoms with van der Waals surface area (Å²) in [6.45, 7) is 1.92. The van der Waals surface area contributed by atoms with Gasteiger partial charge in [-0.05, 0) is 43.3 Å². The molecule has 0 unspecified atom stereocenters. The molecular weight excluding hydrogens is 342 g/mol. The summed E-state index contributed by atoms with van der Waals surface area (Å²) in [5.74, 6) is 1.51. The van der Waals surface area contributed by atoms with Gasteiger partial charge in [0.1, 0.15) is 5.82 Å². The number of nitrogens with zero attached hydrogens (tertiary/aromatic N) is 4. The Hall–Kier alpha value is -2.47. The summed E-state index contributed by atoms with van der Waals surface area (Å²) in [5.41, 5.74) is 2.66. The molecule has 0 bridgehead atoms. The van der Waals surface area contributed by atoms with Crippen LogP contribution in [0.3, 0.4) is 0 Å². The molecule has 0 fully saturated rings. The minimum absolute atomic E-state index is 0.707. The second kappa shape index (κ2) is 5.06. The van der Waals surface area contributed by atoms with Gasteiger partial charge in [-0.15, -0.1) is 10.2 Å². The number of aryl methyl sites for hydroxylation is 1. The zero-order valence-electron chi connectivity index (χ0n) is 11.8. The fourth-order valence-electron chi connectivity index (χ4n) is 2.46. The van der Waals surface area contributed by atoms with Gasteiger partial charge in [-0.3, -0.25) is 0 Å². The maximum atomic E-state index is 4.71. The molecule has 0 saturated carbocycles. The molecule has 0 saturated heterocycles. The highest BCUT2D eigenvalue weighted by molar-refractivity contribution is 9.10. The Kier molecular flexibility index (Phi) is 3.04. The van der Waals surface area contributed by atoms with Gasteiger partial charge in [-0.25, -0.2) is 9.38 Å². The van der Waals surface area contributed by atoms with Crippen LogP contribution < -0.4 is 5.32 Å². The molecule has 22 heavy (non-hydrogen) atoms. The summed E-state index contributed by atoms with van der Waals surface area (Å²) in [4.78, 5) is 4.71. The van der Waals surface area contributed by atoms with Crippen molar-refractivity contribution >= 4 is 44.1 Å². The first-order valence-corrected chi connectivity index (χ1v) is 7.65. The Bertz CT molecular complexity index is 975. The van der Waals surface area contributed by atoms with Crippen molar-refractivity contribution in [3.8, 4) is 0 Å². The van der Waals surface area contributed by atoms with Crippen LogP contribution in [-0.2, 0) is 0 Å². The van der Waals surface area contributed by atoms with Gasteiger partial charge < -0.3 is 5.32 Å². The van der Waals surface area contributed by atoms with E-state index in [1.165, 1.54) is 0 Å². The highest BCUT2D eigenvalue weighted by atomic mass is 79.9. The van der Waals surface area contributed by atoms with E-state index in [0.717, 1.165) is 32.5 Å². The molecule has 0 aliphatic carbocycles. The quantitative estimate of drug-likeness (QED) is 0.589. The number of hydrogen-bond acceptors (Lipinski definition) is 4. The van der Waals surface area contributed by atoms with E-state index >= 15 is 0 Å². The highest BCUT2D eigenvalue weighted by Gasteiger charge is 2.12. The third kappa shape index (κ3) is 2.12. The van der Waals surface area contributed by atoms with Crippen molar-refractivity contribution in [2.75, 3.05) is 5.32 Å². The summed E-state index contributed by atoms with van der Waals surface area (Å²) in [7, 11) is 0. The molecule has 108 valence electrons. The Morgan fingerprint density at radius 2 is 1.77 bits per heavy atom. The Morgan fingerprint density at radius 1 is 1.00 bits per heavy atom. The maximum Gasteiger partial charge on any atom is 0.215 e. The van der Waals surface area contributed by atoms with Crippen LogP contribution in [0.5, 0.6) is 0 Å². The molecule has 5 nitrogen and oxygen atoms in total. The summed E-state index contributed by atoms with van der Waals surface area (Å²) < 4.78 is 2.97. The largest absolute Gasteiger partial charge is 0.325 e. The first-order valence-electron chi connectivity index (χ1n) is 6.85. The number of nitrogens with one attached hydrogen (secondary N) is 1. The summed E-state index contributed by atoms with van der Waals surface area (Å²) >= 11 is 3.44. The summed E-state index contributed by atoms with van der Waals surface area (Å²) in [5, 5.41) is 12.8. The van der Waals surface area contributed by atoms with Crippen LogP contribution in [0.15, 0.2) is 53.0 Å². The van der Waals surface area contributed by atoms with E-state index < -0.39 is 0 Å². The fourth-order valence-corrected chi connectivity index (χ4v) is 2.73. The predicted octanol–water partition coefficient (Wildman–Crippen LogP) is 4.09. The van der Waals surface area contributed by atoms with E-state index in [0.29, 0.717) is 5.95 Å². The predicted molar refractivity (Wildman–Crippen MR) is 90.4 cm³/mol. The number of benzene rings is 2. The van der Waals surface area contributed by atoms with Crippen LogP contribution in [0, 0.1) is 6.92 Å². The topological polar surface area (TPSA) is 55.1 Å². The number of halogens is 1. The van der Waals surface area contributed by atoms with E-state index in [2.05, 4.69) is 31.4 Å². The number of aromatic nitrogens is 4. The summed E-state index contributed by atoms with van der Waals surface area (Å²) in [6, 6.07) is 15.9. The van der Waals surface area contributed by atoms with Crippen molar-refractivity contribution in [3.05, 3.63) is 58.8 Å². The zero-order chi connectivity index (χ0) is 15.1. The van der Waals surface area contributed by atoms with Crippen LogP contribution in [0.2, 0.25) is 0 Å². The number of para-hydroxylation sites is 1. The van der Waals surface area contributed by atoms with Gasteiger partial charge in [0.05, 0.1) is 5.52 Å². The lowest BCUT2D eigenvalue weighted by molar-refractivity contribution is 0.995. The molecular formula is C16H12BrN5. The van der Waals surface area contributed by atoms with Gasteiger partial charge in [-0.2, -0.15) is 0 Å². The zero-order valence-corrected chi connectivity index (χ0v) is 13.4. The van der Waals surface area contributed by atoms with Crippen molar-refractivity contribution < 1.29 is 0 Å². The van der Waals surface area contributed by atoms with Crippen molar-refractivity contribution in [2.24, 2.45) is 0 Å². The van der Waals surface area contributed by atoms with E-state index in [1.54, 1.807) is 0 Å². The molecule has 0 atom stereocenters. The van der Waals surface area contributed by atoms with E-state index in [4.69, 9.17) is 4.98 Å². The van der Waals surface area contributed by atoms with Gasteiger partial charge in [0.15, 0.2) is 5.65 Å². The van der Waals surface area contributed by atoms with Crippen LogP contribution in [-0.4, -0.2) is 19.6 Å². The molecule has 2 heterocycles. The van der Waals surface area contributed by atoms with Gasteiger partial charge in [0.25, 0.3) is 0 Å². The Morgan fingerprint density at radius 3 is 2.59 bits per heavy atom. The van der Waals surface area contributed by atoms with Crippen molar-refractivity contribution in [1.82, 2.24) is 19.6 Å². The molecule has 0 radical (unpaired) electrons. The maximum absolute atomic E-state index is 4.71.